The highest BCUT2D eigenvalue weighted by molar-refractivity contribution is 5.98. The van der Waals surface area contributed by atoms with E-state index in [0.29, 0.717) is 29.1 Å². The number of imidazole rings is 1. The molecular weight excluding hydrogens is 406 g/mol. The van der Waals surface area contributed by atoms with Crippen LogP contribution >= 0.6 is 0 Å². The summed E-state index contributed by atoms with van der Waals surface area (Å²) in [6.07, 6.45) is 0. The highest BCUT2D eigenvalue weighted by atomic mass is 16.5. The van der Waals surface area contributed by atoms with Gasteiger partial charge in [0.15, 0.2) is 6.61 Å². The van der Waals surface area contributed by atoms with Gasteiger partial charge in [-0.05, 0) is 44.2 Å². The largest absolute Gasteiger partial charge is 0.492 e. The van der Waals surface area contributed by atoms with E-state index in [1.807, 2.05) is 44.2 Å². The Morgan fingerprint density at radius 1 is 1.03 bits per heavy atom. The van der Waals surface area contributed by atoms with Crippen molar-refractivity contribution in [1.82, 2.24) is 9.97 Å². The Hall–Kier alpha value is -4.13. The number of hydrogen-bond acceptors (Lipinski definition) is 5. The second kappa shape index (κ2) is 9.34. The minimum absolute atomic E-state index is 0.333. The summed E-state index contributed by atoms with van der Waals surface area (Å²) >= 11 is 0. The number of aryl methyl sites for hydroxylation is 1. The molecule has 4 aromatic rings. The number of amides is 1. The molecule has 1 aromatic heterocycles. The molecule has 162 valence electrons. The summed E-state index contributed by atoms with van der Waals surface area (Å²) in [5.41, 5.74) is 4.43. The van der Waals surface area contributed by atoms with Crippen LogP contribution in [-0.2, 0) is 9.53 Å². The zero-order valence-electron chi connectivity index (χ0n) is 17.8. The van der Waals surface area contributed by atoms with E-state index in [0.717, 1.165) is 16.9 Å². The van der Waals surface area contributed by atoms with Gasteiger partial charge in [-0.2, -0.15) is 0 Å². The van der Waals surface area contributed by atoms with E-state index in [1.54, 1.807) is 36.4 Å². The maximum Gasteiger partial charge on any atom is 0.338 e. The second-order valence-corrected chi connectivity index (χ2v) is 7.24. The molecule has 0 atom stereocenters. The number of aromatic nitrogens is 2. The maximum atomic E-state index is 12.5. The summed E-state index contributed by atoms with van der Waals surface area (Å²) in [6.45, 7) is 3.96. The average molecular weight is 429 g/mol. The summed E-state index contributed by atoms with van der Waals surface area (Å²) in [6, 6.07) is 20.2. The first-order valence-corrected chi connectivity index (χ1v) is 10.3. The number of aromatic amines is 1. The second-order valence-electron chi connectivity index (χ2n) is 7.24. The van der Waals surface area contributed by atoms with Crippen LogP contribution < -0.4 is 10.1 Å². The number of H-pyrrole nitrogens is 1. The van der Waals surface area contributed by atoms with Gasteiger partial charge >= 0.3 is 5.97 Å². The first-order chi connectivity index (χ1) is 15.5. The number of ether oxygens (including phenoxy) is 2. The first kappa shape index (κ1) is 21.1. The number of hydrogen-bond donors (Lipinski definition) is 2. The van der Waals surface area contributed by atoms with Crippen molar-refractivity contribution >= 4 is 28.6 Å². The molecule has 0 aliphatic heterocycles. The number of carbonyl (C=O) groups excluding carboxylic acids is 2. The van der Waals surface area contributed by atoms with Gasteiger partial charge in [-0.3, -0.25) is 4.79 Å². The van der Waals surface area contributed by atoms with Crippen LogP contribution in [0, 0.1) is 6.92 Å². The number of esters is 1. The summed E-state index contributed by atoms with van der Waals surface area (Å²) < 4.78 is 10.7. The quantitative estimate of drug-likeness (QED) is 0.414. The number of rotatable bonds is 7. The molecule has 0 aliphatic carbocycles. The van der Waals surface area contributed by atoms with E-state index in [9.17, 15) is 9.59 Å². The van der Waals surface area contributed by atoms with Gasteiger partial charge in [0.2, 0.25) is 0 Å². The molecule has 1 heterocycles. The minimum Gasteiger partial charge on any atom is -0.492 e. The van der Waals surface area contributed by atoms with E-state index >= 15 is 0 Å². The normalized spacial score (nSPS) is 10.7. The third-order valence-electron chi connectivity index (χ3n) is 4.84. The van der Waals surface area contributed by atoms with Crippen molar-refractivity contribution in [2.75, 3.05) is 18.5 Å². The van der Waals surface area contributed by atoms with Crippen molar-refractivity contribution in [1.29, 1.82) is 0 Å². The van der Waals surface area contributed by atoms with Crippen LogP contribution in [0.25, 0.3) is 22.4 Å². The number of fused-ring (bicyclic) bond motifs is 1. The topological polar surface area (TPSA) is 93.3 Å². The van der Waals surface area contributed by atoms with Crippen molar-refractivity contribution in [2.45, 2.75) is 13.8 Å². The van der Waals surface area contributed by atoms with E-state index in [1.165, 1.54) is 5.56 Å². The monoisotopic (exact) mass is 429 g/mol. The molecule has 1 amide bonds. The Balaban J connectivity index is 1.41. The molecule has 0 saturated carbocycles. The molecule has 7 heteroatoms. The van der Waals surface area contributed by atoms with E-state index < -0.39 is 18.5 Å². The molecule has 32 heavy (non-hydrogen) atoms. The number of para-hydroxylation sites is 2. The third-order valence-corrected chi connectivity index (χ3v) is 4.84. The Kier molecular flexibility index (Phi) is 6.17. The highest BCUT2D eigenvalue weighted by Crippen LogP contribution is 2.24. The maximum absolute atomic E-state index is 12.5. The average Bonchev–Trinajstić information content (AvgIpc) is 3.23. The smallest absolute Gasteiger partial charge is 0.338 e. The molecule has 0 bridgehead atoms. The number of nitrogens with one attached hydrogen (secondary N) is 2. The van der Waals surface area contributed by atoms with Gasteiger partial charge in [-0.15, -0.1) is 0 Å². The van der Waals surface area contributed by atoms with Crippen molar-refractivity contribution in [3.8, 4) is 17.1 Å². The molecule has 7 nitrogen and oxygen atoms in total. The van der Waals surface area contributed by atoms with Crippen molar-refractivity contribution in [3.63, 3.8) is 0 Å². The summed E-state index contributed by atoms with van der Waals surface area (Å²) in [7, 11) is 0. The SMILES string of the molecule is CCOc1ccccc1NC(=O)COC(=O)c1ccc2nc(-c3ccc(C)cc3)[nH]c2c1. The molecular formula is C25H23N3O4. The molecule has 0 fully saturated rings. The number of nitrogens with zero attached hydrogens (tertiary/aromatic N) is 1. The van der Waals surface area contributed by atoms with Gasteiger partial charge < -0.3 is 19.8 Å². The van der Waals surface area contributed by atoms with E-state index in [2.05, 4.69) is 15.3 Å². The minimum atomic E-state index is -0.591. The molecule has 0 spiro atoms. The molecule has 2 N–H and O–H groups in total. The van der Waals surface area contributed by atoms with Gasteiger partial charge in [0.05, 0.1) is 28.9 Å². The van der Waals surface area contributed by atoms with Crippen molar-refractivity contribution in [2.24, 2.45) is 0 Å². The van der Waals surface area contributed by atoms with Crippen molar-refractivity contribution < 1.29 is 19.1 Å². The van der Waals surface area contributed by atoms with Gasteiger partial charge in [0.1, 0.15) is 11.6 Å². The molecule has 0 saturated heterocycles. The van der Waals surface area contributed by atoms with Crippen LogP contribution in [0.4, 0.5) is 5.69 Å². The lowest BCUT2D eigenvalue weighted by Gasteiger charge is -2.11. The molecule has 4 rings (SSSR count). The van der Waals surface area contributed by atoms with E-state index in [4.69, 9.17) is 9.47 Å². The fraction of sp³-hybridized carbons (Fsp3) is 0.160. The zero-order valence-corrected chi connectivity index (χ0v) is 17.8. The lowest BCUT2D eigenvalue weighted by molar-refractivity contribution is -0.119. The van der Waals surface area contributed by atoms with E-state index in [-0.39, 0.29) is 0 Å². The first-order valence-electron chi connectivity index (χ1n) is 10.3. The molecule has 0 aliphatic rings. The third kappa shape index (κ3) is 4.78. The van der Waals surface area contributed by atoms with Crippen LogP contribution in [0.5, 0.6) is 5.75 Å². The van der Waals surface area contributed by atoms with Gasteiger partial charge in [-0.1, -0.05) is 42.0 Å². The fourth-order valence-corrected chi connectivity index (χ4v) is 3.24. The van der Waals surface area contributed by atoms with Gasteiger partial charge in [0.25, 0.3) is 5.91 Å². The Bertz CT molecular complexity index is 1260. The van der Waals surface area contributed by atoms with Gasteiger partial charge in [-0.25, -0.2) is 9.78 Å². The summed E-state index contributed by atoms with van der Waals surface area (Å²) in [5, 5.41) is 2.70. The lowest BCUT2D eigenvalue weighted by atomic mass is 10.1. The number of anilines is 1. The predicted octanol–water partition coefficient (Wildman–Crippen LogP) is 4.73. The fourth-order valence-electron chi connectivity index (χ4n) is 3.24. The Labute approximate surface area is 185 Å². The summed E-state index contributed by atoms with van der Waals surface area (Å²) in [4.78, 5) is 32.5. The van der Waals surface area contributed by atoms with Crippen LogP contribution in [0.3, 0.4) is 0 Å². The number of carbonyl (C=O) groups is 2. The molecule has 0 radical (unpaired) electrons. The molecule has 0 unspecified atom stereocenters. The number of benzene rings is 3. The molecule has 3 aromatic carbocycles. The Morgan fingerprint density at radius 3 is 2.59 bits per heavy atom. The zero-order chi connectivity index (χ0) is 22.5. The highest BCUT2D eigenvalue weighted by Gasteiger charge is 2.14. The Morgan fingerprint density at radius 2 is 1.81 bits per heavy atom. The van der Waals surface area contributed by atoms with Crippen molar-refractivity contribution in [3.05, 3.63) is 77.9 Å². The van der Waals surface area contributed by atoms with Crippen LogP contribution in [-0.4, -0.2) is 35.1 Å². The van der Waals surface area contributed by atoms with Crippen LogP contribution in [0.2, 0.25) is 0 Å². The predicted molar refractivity (Wildman–Crippen MR) is 123 cm³/mol. The van der Waals surface area contributed by atoms with Gasteiger partial charge in [0, 0.05) is 5.56 Å². The summed E-state index contributed by atoms with van der Waals surface area (Å²) in [5.74, 6) is 0.239. The lowest BCUT2D eigenvalue weighted by Crippen LogP contribution is -2.21. The van der Waals surface area contributed by atoms with Crippen LogP contribution in [0.15, 0.2) is 66.7 Å². The van der Waals surface area contributed by atoms with Crippen LogP contribution in [0.1, 0.15) is 22.8 Å². The standard InChI is InChI=1S/C25H23N3O4/c1-3-31-22-7-5-4-6-20(22)26-23(29)15-32-25(30)18-12-13-19-21(14-18)28-24(27-19)17-10-8-16(2)9-11-17/h4-14H,3,15H2,1-2H3,(H,26,29)(H,27,28).